The van der Waals surface area contributed by atoms with Gasteiger partial charge in [0, 0.05) is 5.56 Å². The number of hydrogen-bond acceptors (Lipinski definition) is 3. The van der Waals surface area contributed by atoms with E-state index < -0.39 is 0 Å². The Morgan fingerprint density at radius 2 is 1.78 bits per heavy atom. The first-order chi connectivity index (χ1) is 13.0. The molecular formula is C24H30O3. The average Bonchev–Trinajstić information content (AvgIpc) is 3.07. The summed E-state index contributed by atoms with van der Waals surface area (Å²) in [6.07, 6.45) is 4.40. The zero-order valence-corrected chi connectivity index (χ0v) is 17.0. The van der Waals surface area contributed by atoms with Crippen molar-refractivity contribution >= 4 is 11.5 Å². The summed E-state index contributed by atoms with van der Waals surface area (Å²) in [6, 6.07) is 15.6. The fourth-order valence-corrected chi connectivity index (χ4v) is 3.31. The summed E-state index contributed by atoms with van der Waals surface area (Å²) in [6.45, 7) is 8.97. The standard InChI is InChI=1S/C22H24O3.C2H6/c1-22(2)13-7-10-19(22)18-14-17(21(23)24-3)11-12-20(18)25-15-16-8-5-4-6-9-16;1-2/h4-6,8-12,14H,7,13,15H2,1-3H3;1-2H3. The molecule has 3 nitrogen and oxygen atoms in total. The van der Waals surface area contributed by atoms with E-state index in [1.165, 1.54) is 12.7 Å². The molecule has 1 aliphatic rings. The monoisotopic (exact) mass is 366 g/mol. The Morgan fingerprint density at radius 1 is 1.07 bits per heavy atom. The van der Waals surface area contributed by atoms with Crippen LogP contribution >= 0.6 is 0 Å². The van der Waals surface area contributed by atoms with Gasteiger partial charge in [-0.3, -0.25) is 0 Å². The number of carbonyl (C=O) groups is 1. The molecule has 0 spiro atoms. The van der Waals surface area contributed by atoms with Gasteiger partial charge in [-0.1, -0.05) is 64.1 Å². The number of hydrogen-bond donors (Lipinski definition) is 0. The summed E-state index contributed by atoms with van der Waals surface area (Å²) in [5.41, 5.74) is 3.96. The molecule has 0 heterocycles. The van der Waals surface area contributed by atoms with Gasteiger partial charge in [0.25, 0.3) is 0 Å². The van der Waals surface area contributed by atoms with Crippen molar-refractivity contribution in [1.29, 1.82) is 0 Å². The molecule has 0 atom stereocenters. The third-order valence-electron chi connectivity index (χ3n) is 4.77. The van der Waals surface area contributed by atoms with Crippen LogP contribution in [0, 0.1) is 5.41 Å². The van der Waals surface area contributed by atoms with E-state index in [0.717, 1.165) is 29.7 Å². The van der Waals surface area contributed by atoms with Gasteiger partial charge in [0.1, 0.15) is 12.4 Å². The average molecular weight is 367 g/mol. The number of allylic oxidation sites excluding steroid dienone is 2. The fourth-order valence-electron chi connectivity index (χ4n) is 3.31. The molecule has 0 bridgehead atoms. The van der Waals surface area contributed by atoms with Crippen molar-refractivity contribution in [3.8, 4) is 5.75 Å². The van der Waals surface area contributed by atoms with Crippen molar-refractivity contribution in [2.24, 2.45) is 5.41 Å². The summed E-state index contributed by atoms with van der Waals surface area (Å²) in [5.74, 6) is 0.477. The molecule has 144 valence electrons. The third kappa shape index (κ3) is 5.00. The summed E-state index contributed by atoms with van der Waals surface area (Å²) in [5, 5.41) is 0. The summed E-state index contributed by atoms with van der Waals surface area (Å²) < 4.78 is 11.0. The van der Waals surface area contributed by atoms with Crippen molar-refractivity contribution in [2.75, 3.05) is 7.11 Å². The number of rotatable bonds is 5. The molecule has 2 aromatic carbocycles. The summed E-state index contributed by atoms with van der Waals surface area (Å²) >= 11 is 0. The lowest BCUT2D eigenvalue weighted by Gasteiger charge is -2.25. The van der Waals surface area contributed by atoms with E-state index >= 15 is 0 Å². The quantitative estimate of drug-likeness (QED) is 0.584. The Labute approximate surface area is 163 Å². The van der Waals surface area contributed by atoms with Crippen LogP contribution in [0.3, 0.4) is 0 Å². The highest BCUT2D eigenvalue weighted by molar-refractivity contribution is 5.91. The van der Waals surface area contributed by atoms with Gasteiger partial charge in [0.15, 0.2) is 0 Å². The van der Waals surface area contributed by atoms with Gasteiger partial charge >= 0.3 is 5.97 Å². The summed E-state index contributed by atoms with van der Waals surface area (Å²) in [7, 11) is 1.40. The van der Waals surface area contributed by atoms with Crippen LogP contribution in [0.5, 0.6) is 5.75 Å². The number of benzene rings is 2. The number of methoxy groups -OCH3 is 1. The van der Waals surface area contributed by atoms with E-state index in [0.29, 0.717) is 12.2 Å². The minimum Gasteiger partial charge on any atom is -0.488 e. The van der Waals surface area contributed by atoms with Crippen LogP contribution in [-0.2, 0) is 11.3 Å². The molecule has 0 amide bonds. The number of carbonyl (C=O) groups excluding carboxylic acids is 1. The molecule has 2 aromatic rings. The maximum absolute atomic E-state index is 12.0. The molecule has 0 saturated heterocycles. The van der Waals surface area contributed by atoms with Crippen LogP contribution in [0.25, 0.3) is 5.57 Å². The van der Waals surface area contributed by atoms with Gasteiger partial charge in [-0.2, -0.15) is 0 Å². The van der Waals surface area contributed by atoms with Crippen LogP contribution in [-0.4, -0.2) is 13.1 Å². The molecule has 0 fully saturated rings. The maximum Gasteiger partial charge on any atom is 0.337 e. The van der Waals surface area contributed by atoms with Crippen LogP contribution in [0.4, 0.5) is 0 Å². The van der Waals surface area contributed by atoms with E-state index in [-0.39, 0.29) is 11.4 Å². The van der Waals surface area contributed by atoms with E-state index in [1.54, 1.807) is 6.07 Å². The van der Waals surface area contributed by atoms with Crippen molar-refractivity contribution < 1.29 is 14.3 Å². The first kappa shape index (κ1) is 20.8. The molecule has 0 unspecified atom stereocenters. The van der Waals surface area contributed by atoms with Gasteiger partial charge in [0.05, 0.1) is 12.7 Å². The van der Waals surface area contributed by atoms with Crippen LogP contribution in [0.2, 0.25) is 0 Å². The molecule has 0 aliphatic heterocycles. The number of ether oxygens (including phenoxy) is 2. The zero-order valence-electron chi connectivity index (χ0n) is 17.0. The predicted molar refractivity (Wildman–Crippen MR) is 111 cm³/mol. The van der Waals surface area contributed by atoms with Gasteiger partial charge in [-0.25, -0.2) is 4.79 Å². The van der Waals surface area contributed by atoms with Gasteiger partial charge in [-0.15, -0.1) is 0 Å². The maximum atomic E-state index is 12.0. The zero-order chi connectivity index (χ0) is 19.9. The topological polar surface area (TPSA) is 35.5 Å². The fraction of sp³-hybridized carbons (Fsp3) is 0.375. The molecule has 3 heteroatoms. The third-order valence-corrected chi connectivity index (χ3v) is 4.77. The minimum absolute atomic E-state index is 0.0690. The van der Waals surface area contributed by atoms with Crippen molar-refractivity contribution in [3.05, 3.63) is 71.3 Å². The van der Waals surface area contributed by atoms with Crippen molar-refractivity contribution in [3.63, 3.8) is 0 Å². The second kappa shape index (κ2) is 9.40. The minimum atomic E-state index is -0.327. The van der Waals surface area contributed by atoms with Gasteiger partial charge in [-0.05, 0) is 47.6 Å². The van der Waals surface area contributed by atoms with Crippen LogP contribution in [0.15, 0.2) is 54.6 Å². The Hall–Kier alpha value is -2.55. The van der Waals surface area contributed by atoms with E-state index in [9.17, 15) is 4.79 Å². The first-order valence-corrected chi connectivity index (χ1v) is 9.61. The smallest absolute Gasteiger partial charge is 0.337 e. The highest BCUT2D eigenvalue weighted by Crippen LogP contribution is 2.47. The Balaban J connectivity index is 0.00000126. The lowest BCUT2D eigenvalue weighted by molar-refractivity contribution is 0.0600. The first-order valence-electron chi connectivity index (χ1n) is 9.61. The second-order valence-electron chi connectivity index (χ2n) is 7.02. The molecule has 27 heavy (non-hydrogen) atoms. The largest absolute Gasteiger partial charge is 0.488 e. The second-order valence-corrected chi connectivity index (χ2v) is 7.02. The molecule has 1 aliphatic carbocycles. The Kier molecular flexibility index (Phi) is 7.23. The van der Waals surface area contributed by atoms with Crippen LogP contribution < -0.4 is 4.74 Å². The lowest BCUT2D eigenvalue weighted by atomic mass is 9.81. The highest BCUT2D eigenvalue weighted by atomic mass is 16.5. The van der Waals surface area contributed by atoms with Gasteiger partial charge in [0.2, 0.25) is 0 Å². The lowest BCUT2D eigenvalue weighted by Crippen LogP contribution is -2.11. The molecule has 0 radical (unpaired) electrons. The predicted octanol–water partition coefficient (Wildman–Crippen LogP) is 6.28. The number of esters is 1. The highest BCUT2D eigenvalue weighted by Gasteiger charge is 2.30. The molecule has 0 saturated carbocycles. The normalized spacial score (nSPS) is 14.6. The Bertz CT molecular complexity index is 789. The molecule has 0 N–H and O–H groups in total. The van der Waals surface area contributed by atoms with E-state index in [2.05, 4.69) is 19.9 Å². The molecule has 0 aromatic heterocycles. The summed E-state index contributed by atoms with van der Waals surface area (Å²) in [4.78, 5) is 12.0. The SMILES string of the molecule is CC.COC(=O)c1ccc(OCc2ccccc2)c(C2=CCCC2(C)C)c1. The van der Waals surface area contributed by atoms with Crippen molar-refractivity contribution in [1.82, 2.24) is 0 Å². The van der Waals surface area contributed by atoms with Gasteiger partial charge < -0.3 is 9.47 Å². The van der Waals surface area contributed by atoms with Crippen molar-refractivity contribution in [2.45, 2.75) is 47.1 Å². The molecular weight excluding hydrogens is 336 g/mol. The Morgan fingerprint density at radius 3 is 2.37 bits per heavy atom. The van der Waals surface area contributed by atoms with E-state index in [4.69, 9.17) is 9.47 Å². The molecule has 3 rings (SSSR count). The van der Waals surface area contributed by atoms with Crippen LogP contribution in [0.1, 0.15) is 62.0 Å². The van der Waals surface area contributed by atoms with E-state index in [1.807, 2.05) is 56.3 Å².